The SMILES string of the molecule is C=C(C[C-](S(=O)(=O)C(F)(F)F)S(=O)(=O)C(F)(F)F)C(C)(C=O)c1ccc(C)cc1. The van der Waals surface area contributed by atoms with Gasteiger partial charge in [0.1, 0.15) is 26.0 Å². The topological polar surface area (TPSA) is 85.3 Å². The normalized spacial score (nSPS) is 15.8. The van der Waals surface area contributed by atoms with Crippen LogP contribution in [0, 0.1) is 11.5 Å². The van der Waals surface area contributed by atoms with E-state index >= 15 is 0 Å². The van der Waals surface area contributed by atoms with Crippen LogP contribution in [0.3, 0.4) is 0 Å². The summed E-state index contributed by atoms with van der Waals surface area (Å²) in [6.07, 6.45) is -1.75. The van der Waals surface area contributed by atoms with E-state index in [4.69, 9.17) is 0 Å². The van der Waals surface area contributed by atoms with Crippen LogP contribution in [-0.2, 0) is 29.9 Å². The van der Waals surface area contributed by atoms with Crippen LogP contribution in [-0.4, -0.2) is 34.1 Å². The molecule has 0 fully saturated rings. The number of hydrogen-bond acceptors (Lipinski definition) is 5. The summed E-state index contributed by atoms with van der Waals surface area (Å²) in [4.78, 5) is 11.6. The second kappa shape index (κ2) is 7.74. The summed E-state index contributed by atoms with van der Waals surface area (Å²) in [6, 6.07) is 5.61. The molecule has 1 aromatic rings. The molecule has 5 nitrogen and oxygen atoms in total. The third-order valence-electron chi connectivity index (χ3n) is 4.19. The van der Waals surface area contributed by atoms with Crippen LogP contribution in [0.5, 0.6) is 0 Å². The third-order valence-corrected chi connectivity index (χ3v) is 8.21. The van der Waals surface area contributed by atoms with Crippen molar-refractivity contribution < 1.29 is 48.0 Å². The lowest BCUT2D eigenvalue weighted by Crippen LogP contribution is -2.41. The maximum Gasteiger partial charge on any atom is 0.469 e. The summed E-state index contributed by atoms with van der Waals surface area (Å²) < 4.78 is 121. The van der Waals surface area contributed by atoms with Crippen LogP contribution in [0.2, 0.25) is 0 Å². The van der Waals surface area contributed by atoms with E-state index in [1.54, 1.807) is 6.92 Å². The minimum Gasteiger partial charge on any atom is -0.302 e. The number of sulfone groups is 2. The Balaban J connectivity index is 3.59. The van der Waals surface area contributed by atoms with E-state index < -0.39 is 52.7 Å². The zero-order chi connectivity index (χ0) is 23.1. The van der Waals surface area contributed by atoms with E-state index in [2.05, 4.69) is 6.58 Å². The van der Waals surface area contributed by atoms with Gasteiger partial charge in [0.05, 0.1) is 5.41 Å². The molecule has 0 aliphatic carbocycles. The summed E-state index contributed by atoms with van der Waals surface area (Å²) in [5.74, 6) is 0. The zero-order valence-corrected chi connectivity index (χ0v) is 16.6. The average Bonchev–Trinajstić information content (AvgIpc) is 2.56. The molecular formula is C16H15F6O5S2-. The number of rotatable bonds is 7. The minimum absolute atomic E-state index is 0.0660. The Bertz CT molecular complexity index is 948. The number of hydrogen-bond donors (Lipinski definition) is 0. The summed E-state index contributed by atoms with van der Waals surface area (Å²) >= 11 is 0. The lowest BCUT2D eigenvalue weighted by Gasteiger charge is -2.36. The van der Waals surface area contributed by atoms with Crippen LogP contribution in [0.4, 0.5) is 26.3 Å². The lowest BCUT2D eigenvalue weighted by atomic mass is 9.76. The van der Waals surface area contributed by atoms with Crippen molar-refractivity contribution in [1.29, 1.82) is 0 Å². The van der Waals surface area contributed by atoms with Crippen LogP contribution in [0.1, 0.15) is 24.5 Å². The fraction of sp³-hybridized carbons (Fsp3) is 0.375. The maximum atomic E-state index is 12.9. The monoisotopic (exact) mass is 465 g/mol. The summed E-state index contributed by atoms with van der Waals surface area (Å²) in [7, 11) is -13.8. The minimum atomic E-state index is -6.90. The van der Waals surface area contributed by atoms with Gasteiger partial charge in [0.2, 0.25) is 0 Å². The smallest absolute Gasteiger partial charge is 0.302 e. The van der Waals surface area contributed by atoms with Gasteiger partial charge in [-0.1, -0.05) is 40.0 Å². The number of carbonyl (C=O) groups excluding carboxylic acids is 1. The Morgan fingerprint density at radius 1 is 0.966 bits per heavy atom. The van der Waals surface area contributed by atoms with E-state index in [1.807, 2.05) is 0 Å². The van der Waals surface area contributed by atoms with E-state index in [-0.39, 0.29) is 11.8 Å². The zero-order valence-electron chi connectivity index (χ0n) is 14.9. The predicted octanol–water partition coefficient (Wildman–Crippen LogP) is 3.76. The molecule has 0 saturated heterocycles. The van der Waals surface area contributed by atoms with Crippen LogP contribution >= 0.6 is 0 Å². The van der Waals surface area contributed by atoms with Crippen molar-refractivity contribution in [3.05, 3.63) is 52.1 Å². The van der Waals surface area contributed by atoms with Crippen molar-refractivity contribution in [2.24, 2.45) is 0 Å². The molecule has 1 rings (SSSR count). The number of halogens is 6. The molecule has 1 aromatic carbocycles. The molecule has 0 aliphatic heterocycles. The van der Waals surface area contributed by atoms with Crippen LogP contribution < -0.4 is 0 Å². The van der Waals surface area contributed by atoms with Crippen molar-refractivity contribution in [1.82, 2.24) is 0 Å². The highest BCUT2D eigenvalue weighted by Gasteiger charge is 2.54. The molecule has 0 N–H and O–H groups in total. The molecule has 164 valence electrons. The number of alkyl halides is 6. The molecule has 0 aromatic heterocycles. The Labute approximate surface area is 163 Å². The number of benzene rings is 1. The van der Waals surface area contributed by atoms with E-state index in [0.29, 0.717) is 5.56 Å². The van der Waals surface area contributed by atoms with Gasteiger partial charge in [-0.3, -0.25) is 16.8 Å². The van der Waals surface area contributed by atoms with Crippen molar-refractivity contribution in [2.45, 2.75) is 36.7 Å². The van der Waals surface area contributed by atoms with Crippen molar-refractivity contribution in [3.63, 3.8) is 0 Å². The van der Waals surface area contributed by atoms with E-state index in [1.165, 1.54) is 24.3 Å². The van der Waals surface area contributed by atoms with Crippen molar-refractivity contribution in [2.75, 3.05) is 0 Å². The molecule has 1 atom stereocenters. The van der Waals surface area contributed by atoms with Gasteiger partial charge < -0.3 is 4.79 Å². The Morgan fingerprint density at radius 3 is 1.66 bits per heavy atom. The second-order valence-corrected chi connectivity index (χ2v) is 10.4. The van der Waals surface area contributed by atoms with Crippen molar-refractivity contribution >= 4 is 26.0 Å². The summed E-state index contributed by atoms with van der Waals surface area (Å²) in [5, 5.41) is 0. The second-order valence-electron chi connectivity index (χ2n) is 6.24. The first-order valence-corrected chi connectivity index (χ1v) is 10.5. The van der Waals surface area contributed by atoms with E-state index in [0.717, 1.165) is 6.92 Å². The average molecular weight is 465 g/mol. The highest BCUT2D eigenvalue weighted by atomic mass is 32.3. The predicted molar refractivity (Wildman–Crippen MR) is 91.5 cm³/mol. The number of carbonyl (C=O) groups is 1. The number of aldehydes is 1. The molecule has 0 aliphatic rings. The molecular weight excluding hydrogens is 450 g/mol. The quantitative estimate of drug-likeness (QED) is 0.265. The van der Waals surface area contributed by atoms with Gasteiger partial charge in [0, 0.05) is 0 Å². The van der Waals surface area contributed by atoms with Gasteiger partial charge in [0.15, 0.2) is 0 Å². The molecule has 0 bridgehead atoms. The summed E-state index contributed by atoms with van der Waals surface area (Å²) in [5.41, 5.74) is -14.6. The fourth-order valence-corrected chi connectivity index (χ4v) is 5.17. The van der Waals surface area contributed by atoms with Crippen LogP contribution in [0.15, 0.2) is 36.4 Å². The van der Waals surface area contributed by atoms with Gasteiger partial charge in [0.25, 0.3) is 0 Å². The van der Waals surface area contributed by atoms with Gasteiger partial charge in [-0.15, -0.1) is 13.0 Å². The first-order valence-electron chi connectivity index (χ1n) is 7.52. The van der Waals surface area contributed by atoms with Crippen molar-refractivity contribution in [3.8, 4) is 0 Å². The molecule has 13 heteroatoms. The summed E-state index contributed by atoms with van der Waals surface area (Å²) in [6.45, 7) is 5.93. The molecule has 0 saturated carbocycles. The molecule has 0 heterocycles. The Morgan fingerprint density at radius 2 is 1.34 bits per heavy atom. The Kier molecular flexibility index (Phi) is 6.71. The molecule has 0 radical (unpaired) electrons. The number of allylic oxidation sites excluding steroid dienone is 1. The van der Waals surface area contributed by atoms with Crippen LogP contribution in [0.25, 0.3) is 0 Å². The maximum absolute atomic E-state index is 12.9. The van der Waals surface area contributed by atoms with Gasteiger partial charge in [-0.05, 0) is 19.4 Å². The molecule has 1 unspecified atom stereocenters. The van der Waals surface area contributed by atoms with Gasteiger partial charge in [-0.2, -0.15) is 26.3 Å². The first kappa shape index (κ1) is 25.1. The highest BCUT2D eigenvalue weighted by Crippen LogP contribution is 2.45. The Hall–Kier alpha value is -1.89. The number of aryl methyl sites for hydroxylation is 1. The first-order chi connectivity index (χ1) is 12.8. The third kappa shape index (κ3) is 4.65. The van der Waals surface area contributed by atoms with E-state index in [9.17, 15) is 48.0 Å². The molecule has 29 heavy (non-hydrogen) atoms. The lowest BCUT2D eigenvalue weighted by molar-refractivity contribution is -0.111. The van der Waals surface area contributed by atoms with Gasteiger partial charge in [-0.25, -0.2) is 0 Å². The highest BCUT2D eigenvalue weighted by molar-refractivity contribution is 8.13. The molecule has 0 amide bonds. The standard InChI is InChI=1S/C16H15F6O5S2/c1-10-4-6-12(7-5-10)14(3,9-23)11(2)8-13(28(24,25)15(17,18)19)29(26,27)16(20,21)22/h4-7,9H,2,8H2,1,3H3/q-1. The fourth-order valence-electron chi connectivity index (χ4n) is 2.21. The largest absolute Gasteiger partial charge is 0.469 e. The molecule has 0 spiro atoms. The van der Waals surface area contributed by atoms with Gasteiger partial charge >= 0.3 is 11.0 Å².